The summed E-state index contributed by atoms with van der Waals surface area (Å²) in [6.07, 6.45) is 52.9. The van der Waals surface area contributed by atoms with Gasteiger partial charge < -0.3 is 29.2 Å². The lowest BCUT2D eigenvalue weighted by Gasteiger charge is -2.21. The summed E-state index contributed by atoms with van der Waals surface area (Å²) in [6.45, 7) is 10.5. The molecule has 10 nitrogen and oxygen atoms in total. The molecule has 1 amide bonds. The molecule has 0 spiro atoms. The minimum atomic E-state index is -0.922. The van der Waals surface area contributed by atoms with Crippen LogP contribution in [0, 0.1) is 0 Å². The summed E-state index contributed by atoms with van der Waals surface area (Å²) in [5.41, 5.74) is 0. The van der Waals surface area contributed by atoms with E-state index in [4.69, 9.17) is 18.9 Å². The van der Waals surface area contributed by atoms with Gasteiger partial charge in [-0.15, -0.1) is 0 Å². The van der Waals surface area contributed by atoms with Crippen LogP contribution < -0.4 is 5.32 Å². The first-order valence-corrected chi connectivity index (χ1v) is 29.8. The van der Waals surface area contributed by atoms with Gasteiger partial charge in [0.15, 0.2) is 6.10 Å². The number of carbonyl (C=O) groups is 4. The number of nitrogens with one attached hydrogen (secondary N) is 1. The average Bonchev–Trinajstić information content (AvgIpc) is 3.36. The number of likely N-dealkylation sites (N-methyl/N-ethyl adjacent to an activating group) is 1. The first kappa shape index (κ1) is 67.9. The molecule has 0 rings (SSSR count). The highest BCUT2D eigenvalue weighted by Gasteiger charge is 2.22. The third-order valence-corrected chi connectivity index (χ3v) is 13.3. The Morgan fingerprint density at radius 3 is 1.28 bits per heavy atom. The van der Waals surface area contributed by atoms with E-state index < -0.39 is 24.3 Å². The molecule has 0 bridgehead atoms. The summed E-state index contributed by atoms with van der Waals surface area (Å²) in [5, 5.41) is 2.85. The van der Waals surface area contributed by atoms with Crippen LogP contribution in [-0.2, 0) is 33.3 Å². The maximum Gasteiger partial charge on any atom is 0.407 e. The van der Waals surface area contributed by atoms with Gasteiger partial charge in [-0.25, -0.2) is 4.79 Å². The topological polar surface area (TPSA) is 120 Å². The number of hydrogen-bond acceptors (Lipinski definition) is 9. The molecule has 0 aliphatic carbocycles. The van der Waals surface area contributed by atoms with Gasteiger partial charge in [-0.1, -0.05) is 205 Å². The second kappa shape index (κ2) is 54.6. The van der Waals surface area contributed by atoms with Gasteiger partial charge in [0.1, 0.15) is 19.3 Å². The zero-order valence-electron chi connectivity index (χ0n) is 46.9. The number of ether oxygens (including phenoxy) is 4. The van der Waals surface area contributed by atoms with Crippen LogP contribution in [0.3, 0.4) is 0 Å². The molecule has 2 atom stereocenters. The number of esters is 3. The standard InChI is InChI=1S/C61H112N2O8/c1-6-10-13-16-19-22-25-27-29-31-33-36-39-42-45-48-58(64)68-54-57(55-69-59(65)49-46-43-40-37-34-32-30-28-26-23-20-17-14-11-7-2)70-60(66)51-50-56(71-61(67)62-52-53-63(5)9-4)47-44-41-38-35-24-21-18-15-12-8-3/h19,22,27-30,56-57H,6-18,20-21,23-26,31-55H2,1-5H3,(H,62,67)/b22-19-,29-27-,30-28-. The molecular weight excluding hydrogens is 889 g/mol. The number of allylic oxidation sites excluding steroid dienone is 6. The van der Waals surface area contributed by atoms with Crippen molar-refractivity contribution < 1.29 is 38.1 Å². The Morgan fingerprint density at radius 1 is 0.423 bits per heavy atom. The molecule has 2 unspecified atom stereocenters. The molecule has 10 heteroatoms. The van der Waals surface area contributed by atoms with Crippen molar-refractivity contribution >= 4 is 24.0 Å². The van der Waals surface area contributed by atoms with Crippen molar-refractivity contribution in [2.24, 2.45) is 0 Å². The Labute approximate surface area is 437 Å². The van der Waals surface area contributed by atoms with E-state index in [2.05, 4.69) is 74.4 Å². The number of hydrogen-bond donors (Lipinski definition) is 1. The highest BCUT2D eigenvalue weighted by atomic mass is 16.6. The SMILES string of the molecule is CCCCC/C=C\C/C=C\CCCCCCCC(=O)OCC(COC(=O)CCCCCCC/C=C\CCCCCCCC)OC(=O)CCC(CCCCCCCCCCCC)OC(=O)NCCN(C)CC. The zero-order chi connectivity index (χ0) is 51.9. The van der Waals surface area contributed by atoms with Crippen LogP contribution in [0.15, 0.2) is 36.5 Å². The quantitative estimate of drug-likeness (QED) is 0.0275. The van der Waals surface area contributed by atoms with E-state index in [9.17, 15) is 19.2 Å². The lowest BCUT2D eigenvalue weighted by atomic mass is 10.0. The normalized spacial score (nSPS) is 12.6. The fourth-order valence-electron chi connectivity index (χ4n) is 8.40. The molecule has 0 saturated carbocycles. The molecule has 0 fully saturated rings. The fourth-order valence-corrected chi connectivity index (χ4v) is 8.40. The summed E-state index contributed by atoms with van der Waals surface area (Å²) in [5.74, 6) is -1.20. The number of nitrogens with zero attached hydrogens (tertiary/aromatic N) is 1. The monoisotopic (exact) mass is 1000 g/mol. The molecular formula is C61H112N2O8. The molecule has 0 radical (unpaired) electrons. The van der Waals surface area contributed by atoms with Crippen molar-refractivity contribution in [1.29, 1.82) is 0 Å². The molecule has 0 aromatic heterocycles. The highest BCUT2D eigenvalue weighted by molar-refractivity contribution is 5.71. The van der Waals surface area contributed by atoms with Crippen LogP contribution >= 0.6 is 0 Å². The number of alkyl carbamates (subject to hydrolysis) is 1. The second-order valence-electron chi connectivity index (χ2n) is 20.2. The van der Waals surface area contributed by atoms with Gasteiger partial charge in [-0.05, 0) is 103 Å². The van der Waals surface area contributed by atoms with E-state index in [1.165, 1.54) is 116 Å². The molecule has 414 valence electrons. The van der Waals surface area contributed by atoms with Crippen LogP contribution in [-0.4, -0.2) is 81.0 Å². The van der Waals surface area contributed by atoms with Crippen molar-refractivity contribution in [3.63, 3.8) is 0 Å². The lowest BCUT2D eigenvalue weighted by Crippen LogP contribution is -2.35. The van der Waals surface area contributed by atoms with Gasteiger partial charge in [-0.3, -0.25) is 14.4 Å². The van der Waals surface area contributed by atoms with Crippen LogP contribution in [0.4, 0.5) is 4.79 Å². The molecule has 1 N–H and O–H groups in total. The summed E-state index contributed by atoms with van der Waals surface area (Å²) in [7, 11) is 2.00. The third kappa shape index (κ3) is 51.6. The number of carbonyl (C=O) groups excluding carboxylic acids is 4. The summed E-state index contributed by atoms with van der Waals surface area (Å²) < 4.78 is 22.9. The Hall–Kier alpha value is -3.14. The van der Waals surface area contributed by atoms with Crippen molar-refractivity contribution in [3.8, 4) is 0 Å². The van der Waals surface area contributed by atoms with Crippen LogP contribution in [0.5, 0.6) is 0 Å². The first-order valence-electron chi connectivity index (χ1n) is 29.8. The zero-order valence-corrected chi connectivity index (χ0v) is 46.9. The Morgan fingerprint density at radius 2 is 0.817 bits per heavy atom. The molecule has 0 heterocycles. The third-order valence-electron chi connectivity index (χ3n) is 13.3. The molecule has 71 heavy (non-hydrogen) atoms. The summed E-state index contributed by atoms with van der Waals surface area (Å²) >= 11 is 0. The van der Waals surface area contributed by atoms with E-state index in [0.717, 1.165) is 109 Å². The average molecular weight is 1000 g/mol. The minimum absolute atomic E-state index is 0.0214. The van der Waals surface area contributed by atoms with Gasteiger partial charge in [0.05, 0.1) is 0 Å². The number of rotatable bonds is 53. The fraction of sp³-hybridized carbons (Fsp3) is 0.836. The maximum absolute atomic E-state index is 13.3. The summed E-state index contributed by atoms with van der Waals surface area (Å²) in [4.78, 5) is 53.9. The predicted octanol–water partition coefficient (Wildman–Crippen LogP) is 17.0. The van der Waals surface area contributed by atoms with Crippen molar-refractivity contribution in [2.75, 3.05) is 39.9 Å². The summed E-state index contributed by atoms with van der Waals surface area (Å²) in [6, 6.07) is 0. The number of amides is 1. The van der Waals surface area contributed by atoms with Gasteiger partial charge >= 0.3 is 24.0 Å². The first-order chi connectivity index (χ1) is 34.7. The molecule has 0 aromatic rings. The van der Waals surface area contributed by atoms with Crippen molar-refractivity contribution in [3.05, 3.63) is 36.5 Å². The van der Waals surface area contributed by atoms with E-state index in [1.807, 2.05) is 7.05 Å². The van der Waals surface area contributed by atoms with E-state index in [0.29, 0.717) is 32.4 Å². The van der Waals surface area contributed by atoms with Gasteiger partial charge in [0, 0.05) is 32.4 Å². The lowest BCUT2D eigenvalue weighted by molar-refractivity contribution is -0.167. The van der Waals surface area contributed by atoms with Crippen LogP contribution in [0.25, 0.3) is 0 Å². The smallest absolute Gasteiger partial charge is 0.407 e. The Bertz CT molecular complexity index is 1300. The predicted molar refractivity (Wildman–Crippen MR) is 298 cm³/mol. The Balaban J connectivity index is 5.05. The van der Waals surface area contributed by atoms with Crippen LogP contribution in [0.1, 0.15) is 278 Å². The molecule has 0 aliphatic heterocycles. The van der Waals surface area contributed by atoms with Crippen LogP contribution in [0.2, 0.25) is 0 Å². The van der Waals surface area contributed by atoms with E-state index >= 15 is 0 Å². The van der Waals surface area contributed by atoms with Gasteiger partial charge in [0.25, 0.3) is 0 Å². The van der Waals surface area contributed by atoms with E-state index in [1.54, 1.807) is 0 Å². The maximum atomic E-state index is 13.3. The highest BCUT2D eigenvalue weighted by Crippen LogP contribution is 2.18. The van der Waals surface area contributed by atoms with Gasteiger partial charge in [0.2, 0.25) is 0 Å². The number of unbranched alkanes of at least 4 members (excludes halogenated alkanes) is 28. The van der Waals surface area contributed by atoms with Crippen molar-refractivity contribution in [1.82, 2.24) is 10.2 Å². The molecule has 0 aliphatic rings. The van der Waals surface area contributed by atoms with Gasteiger partial charge in [-0.2, -0.15) is 0 Å². The van der Waals surface area contributed by atoms with Crippen molar-refractivity contribution in [2.45, 2.75) is 290 Å². The van der Waals surface area contributed by atoms with E-state index in [-0.39, 0.29) is 38.0 Å². The molecule has 0 saturated heterocycles. The Kier molecular flexibility index (Phi) is 52.2. The minimum Gasteiger partial charge on any atom is -0.462 e. The largest absolute Gasteiger partial charge is 0.462 e. The molecule has 0 aromatic carbocycles. The second-order valence-corrected chi connectivity index (χ2v) is 20.2.